The summed E-state index contributed by atoms with van der Waals surface area (Å²) in [6, 6.07) is 6.87. The van der Waals surface area contributed by atoms with E-state index in [2.05, 4.69) is 27.4 Å². The number of carbonyl (C=O) groups is 2. The van der Waals surface area contributed by atoms with Gasteiger partial charge < -0.3 is 5.32 Å². The van der Waals surface area contributed by atoms with Crippen molar-refractivity contribution in [1.82, 2.24) is 19.6 Å². The Morgan fingerprint density at radius 3 is 2.84 bits per heavy atom. The van der Waals surface area contributed by atoms with Gasteiger partial charge in [0.2, 0.25) is 5.91 Å². The fourth-order valence-electron chi connectivity index (χ4n) is 3.93. The van der Waals surface area contributed by atoms with E-state index in [-0.39, 0.29) is 17.4 Å². The van der Waals surface area contributed by atoms with Crippen LogP contribution in [0, 0.1) is 5.92 Å². The molecule has 0 fully saturated rings. The number of amides is 1. The van der Waals surface area contributed by atoms with Crippen LogP contribution in [-0.2, 0) is 17.6 Å². The third-order valence-corrected chi connectivity index (χ3v) is 7.68. The molecule has 0 bridgehead atoms. The molecule has 0 radical (unpaired) electrons. The summed E-state index contributed by atoms with van der Waals surface area (Å²) in [7, 11) is 0. The maximum atomic E-state index is 12.4. The van der Waals surface area contributed by atoms with Crippen LogP contribution in [0.15, 0.2) is 35.7 Å². The van der Waals surface area contributed by atoms with Crippen molar-refractivity contribution >= 4 is 56.3 Å². The highest BCUT2D eigenvalue weighted by molar-refractivity contribution is 7.99. The number of benzene rings is 1. The molecule has 1 unspecified atom stereocenters. The Labute approximate surface area is 187 Å². The Hall–Kier alpha value is -2.78. The van der Waals surface area contributed by atoms with Crippen LogP contribution < -0.4 is 5.32 Å². The average Bonchev–Trinajstić information content (AvgIpc) is 3.32. The van der Waals surface area contributed by atoms with Gasteiger partial charge in [-0.3, -0.25) is 14.0 Å². The van der Waals surface area contributed by atoms with Crippen molar-refractivity contribution in [2.75, 3.05) is 11.1 Å². The van der Waals surface area contributed by atoms with Gasteiger partial charge in [-0.25, -0.2) is 4.98 Å². The number of ketones is 1. The van der Waals surface area contributed by atoms with Crippen molar-refractivity contribution in [3.8, 4) is 0 Å². The predicted molar refractivity (Wildman–Crippen MR) is 123 cm³/mol. The van der Waals surface area contributed by atoms with Crippen LogP contribution in [0.25, 0.3) is 15.9 Å². The number of thiophene rings is 1. The quantitative estimate of drug-likeness (QED) is 0.357. The topological polar surface area (TPSA) is 89.2 Å². The highest BCUT2D eigenvalue weighted by Gasteiger charge is 2.24. The number of Topliss-reactive ketones (excluding diaryl/α,β-unsaturated/α-hetero) is 1. The maximum absolute atomic E-state index is 12.4. The lowest BCUT2D eigenvalue weighted by atomic mass is 9.89. The molecule has 1 aliphatic rings. The van der Waals surface area contributed by atoms with E-state index in [0.29, 0.717) is 22.3 Å². The van der Waals surface area contributed by atoms with Gasteiger partial charge in [-0.05, 0) is 61.9 Å². The van der Waals surface area contributed by atoms with Crippen LogP contribution in [0.2, 0.25) is 0 Å². The van der Waals surface area contributed by atoms with Crippen molar-refractivity contribution in [2.45, 2.75) is 38.3 Å². The number of hydrogen-bond acceptors (Lipinski definition) is 7. The fraction of sp³-hybridized carbons (Fsp3) is 0.318. The fourth-order valence-corrected chi connectivity index (χ4v) is 5.98. The number of hydrogen-bond donors (Lipinski definition) is 1. The summed E-state index contributed by atoms with van der Waals surface area (Å²) in [4.78, 5) is 30.8. The molecule has 7 nitrogen and oxygen atoms in total. The Bertz CT molecular complexity index is 1310. The molecular formula is C22H21N5O2S2. The molecule has 158 valence electrons. The minimum atomic E-state index is -0.145. The highest BCUT2D eigenvalue weighted by atomic mass is 32.2. The van der Waals surface area contributed by atoms with E-state index >= 15 is 0 Å². The van der Waals surface area contributed by atoms with Gasteiger partial charge in [0.25, 0.3) is 0 Å². The molecule has 0 aliphatic heterocycles. The minimum absolute atomic E-state index is 0.00349. The number of nitrogens with one attached hydrogen (secondary N) is 1. The summed E-state index contributed by atoms with van der Waals surface area (Å²) in [6.45, 7) is 3.81. The molecule has 31 heavy (non-hydrogen) atoms. The van der Waals surface area contributed by atoms with Gasteiger partial charge in [0.05, 0.1) is 11.1 Å². The standard InChI is InChI=1S/C22H21N5O2S2/c1-12-3-8-16-17(9-12)31-21-19(16)20-25-26-22(27(20)11-23-21)30-10-18(29)24-15-6-4-14(5-7-15)13(2)28/h4-7,11-12H,3,8-10H2,1-2H3,(H,24,29). The van der Waals surface area contributed by atoms with Gasteiger partial charge in [0.1, 0.15) is 11.2 Å². The van der Waals surface area contributed by atoms with E-state index in [1.807, 2.05) is 4.40 Å². The van der Waals surface area contributed by atoms with E-state index in [0.717, 1.165) is 28.7 Å². The van der Waals surface area contributed by atoms with Crippen LogP contribution >= 0.6 is 23.1 Å². The number of thioether (sulfide) groups is 1. The monoisotopic (exact) mass is 451 g/mol. The third kappa shape index (κ3) is 3.83. The minimum Gasteiger partial charge on any atom is -0.325 e. The molecule has 4 aromatic rings. The summed E-state index contributed by atoms with van der Waals surface area (Å²) in [6.07, 6.45) is 5.09. The second-order valence-corrected chi connectivity index (χ2v) is 9.95. The zero-order valence-electron chi connectivity index (χ0n) is 17.2. The summed E-state index contributed by atoms with van der Waals surface area (Å²) in [5.41, 5.74) is 3.46. The summed E-state index contributed by atoms with van der Waals surface area (Å²) in [5, 5.41) is 13.4. The number of aromatic nitrogens is 4. The van der Waals surface area contributed by atoms with E-state index in [1.165, 1.54) is 35.5 Å². The Morgan fingerprint density at radius 1 is 1.26 bits per heavy atom. The van der Waals surface area contributed by atoms with Crippen LogP contribution in [0.1, 0.15) is 41.1 Å². The average molecular weight is 452 g/mol. The number of aryl methyl sites for hydroxylation is 1. The largest absolute Gasteiger partial charge is 0.325 e. The summed E-state index contributed by atoms with van der Waals surface area (Å²) < 4.78 is 1.88. The number of rotatable bonds is 5. The van der Waals surface area contributed by atoms with Gasteiger partial charge in [-0.1, -0.05) is 18.7 Å². The molecule has 0 saturated heterocycles. The van der Waals surface area contributed by atoms with Gasteiger partial charge in [-0.2, -0.15) is 0 Å². The van der Waals surface area contributed by atoms with Crippen LogP contribution in [0.4, 0.5) is 5.69 Å². The van der Waals surface area contributed by atoms with Gasteiger partial charge in [-0.15, -0.1) is 21.5 Å². The van der Waals surface area contributed by atoms with E-state index in [1.54, 1.807) is 41.9 Å². The van der Waals surface area contributed by atoms with E-state index in [9.17, 15) is 9.59 Å². The Kier molecular flexibility index (Phi) is 5.23. The van der Waals surface area contributed by atoms with Crippen LogP contribution in [-0.4, -0.2) is 37.0 Å². The molecule has 3 heterocycles. The predicted octanol–water partition coefficient (Wildman–Crippen LogP) is 4.40. The number of nitrogens with zero attached hydrogens (tertiary/aromatic N) is 4. The molecule has 3 aromatic heterocycles. The van der Waals surface area contributed by atoms with Gasteiger partial charge >= 0.3 is 0 Å². The zero-order valence-corrected chi connectivity index (χ0v) is 18.8. The molecule has 9 heteroatoms. The second-order valence-electron chi connectivity index (χ2n) is 7.92. The number of fused-ring (bicyclic) bond motifs is 5. The van der Waals surface area contributed by atoms with Crippen molar-refractivity contribution in [2.24, 2.45) is 5.92 Å². The molecule has 1 atom stereocenters. The molecular weight excluding hydrogens is 430 g/mol. The molecule has 0 spiro atoms. The first-order valence-corrected chi connectivity index (χ1v) is 12.0. The van der Waals surface area contributed by atoms with Crippen LogP contribution in [0.3, 0.4) is 0 Å². The molecule has 1 aromatic carbocycles. The Balaban J connectivity index is 1.33. The zero-order chi connectivity index (χ0) is 21.5. The first kappa shape index (κ1) is 20.1. The number of anilines is 1. The molecule has 1 N–H and O–H groups in total. The maximum Gasteiger partial charge on any atom is 0.234 e. The van der Waals surface area contributed by atoms with Crippen molar-refractivity contribution in [3.05, 3.63) is 46.6 Å². The van der Waals surface area contributed by atoms with Crippen LogP contribution in [0.5, 0.6) is 0 Å². The summed E-state index contributed by atoms with van der Waals surface area (Å²) in [5.74, 6) is 0.759. The highest BCUT2D eigenvalue weighted by Crippen LogP contribution is 2.39. The SMILES string of the molecule is CC(=O)c1ccc(NC(=O)CSc2nnc3c4c5c(sc4ncn23)CC(C)CC5)cc1. The summed E-state index contributed by atoms with van der Waals surface area (Å²) >= 11 is 3.09. The van der Waals surface area contributed by atoms with Gasteiger partial charge in [0, 0.05) is 16.1 Å². The molecule has 0 saturated carbocycles. The smallest absolute Gasteiger partial charge is 0.234 e. The lowest BCUT2D eigenvalue weighted by Gasteiger charge is -2.17. The van der Waals surface area contributed by atoms with Crippen molar-refractivity contribution in [3.63, 3.8) is 0 Å². The normalized spacial score (nSPS) is 15.9. The first-order chi connectivity index (χ1) is 15.0. The van der Waals surface area contributed by atoms with E-state index < -0.39 is 0 Å². The van der Waals surface area contributed by atoms with E-state index in [4.69, 9.17) is 0 Å². The molecule has 1 aliphatic carbocycles. The Morgan fingerprint density at radius 2 is 2.06 bits per heavy atom. The second kappa shape index (κ2) is 8.05. The lowest BCUT2D eigenvalue weighted by Crippen LogP contribution is -2.14. The third-order valence-electron chi connectivity index (χ3n) is 5.58. The first-order valence-electron chi connectivity index (χ1n) is 10.2. The number of carbonyl (C=O) groups excluding carboxylic acids is 2. The van der Waals surface area contributed by atoms with Crippen molar-refractivity contribution in [1.29, 1.82) is 0 Å². The molecule has 5 rings (SSSR count). The lowest BCUT2D eigenvalue weighted by molar-refractivity contribution is -0.113. The van der Waals surface area contributed by atoms with Gasteiger partial charge in [0.15, 0.2) is 16.6 Å². The molecule has 1 amide bonds. The van der Waals surface area contributed by atoms with Crippen molar-refractivity contribution < 1.29 is 9.59 Å².